The van der Waals surface area contributed by atoms with Crippen molar-refractivity contribution in [2.75, 3.05) is 31.1 Å². The number of allylic oxidation sites excluding steroid dienone is 1. The Morgan fingerprint density at radius 2 is 1.85 bits per heavy atom. The van der Waals surface area contributed by atoms with Crippen molar-refractivity contribution >= 4 is 29.6 Å². The van der Waals surface area contributed by atoms with E-state index >= 15 is 0 Å². The van der Waals surface area contributed by atoms with Crippen molar-refractivity contribution in [2.24, 2.45) is 0 Å². The molecule has 0 saturated carbocycles. The minimum Gasteiger partial charge on any atom is -0.480 e. The number of esters is 1. The summed E-state index contributed by atoms with van der Waals surface area (Å²) in [6.07, 6.45) is -3.67. The van der Waals surface area contributed by atoms with Crippen LogP contribution in [0.4, 0.5) is 23.7 Å². The van der Waals surface area contributed by atoms with E-state index in [2.05, 4.69) is 0 Å². The van der Waals surface area contributed by atoms with Gasteiger partial charge in [0.25, 0.3) is 0 Å². The Balaban J connectivity index is 1.82. The first-order valence-electron chi connectivity index (χ1n) is 12.6. The fourth-order valence-electron chi connectivity index (χ4n) is 4.90. The average Bonchev–Trinajstić information content (AvgIpc) is 3.34. The van der Waals surface area contributed by atoms with Crippen LogP contribution in [0.5, 0.6) is 0 Å². The normalized spacial score (nSPS) is 17.6. The van der Waals surface area contributed by atoms with Gasteiger partial charge in [-0.3, -0.25) is 14.5 Å². The van der Waals surface area contributed by atoms with Crippen LogP contribution in [-0.2, 0) is 25.3 Å². The van der Waals surface area contributed by atoms with Gasteiger partial charge in [0.05, 0.1) is 41.0 Å². The molecule has 214 valence electrons. The summed E-state index contributed by atoms with van der Waals surface area (Å²) in [7, 11) is 0. The average molecular weight is 571 g/mol. The molecule has 1 unspecified atom stereocenters. The van der Waals surface area contributed by atoms with Crippen LogP contribution in [0.2, 0.25) is 0 Å². The van der Waals surface area contributed by atoms with Crippen molar-refractivity contribution in [1.82, 2.24) is 9.80 Å². The number of carboxylic acids is 1. The largest absolute Gasteiger partial charge is 0.480 e. The number of nitrogens with zero attached hydrogens (tertiary/aromatic N) is 4. The molecule has 0 spiro atoms. The van der Waals surface area contributed by atoms with E-state index in [1.807, 2.05) is 6.07 Å². The molecular weight excluding hydrogens is 545 g/mol. The number of carboxylic acid groups (broad SMARTS) is 1. The third-order valence-corrected chi connectivity index (χ3v) is 6.83. The van der Waals surface area contributed by atoms with E-state index in [4.69, 9.17) is 4.74 Å². The summed E-state index contributed by atoms with van der Waals surface area (Å²) in [5.74, 6) is -2.46. The molecule has 2 aromatic rings. The second-order valence-corrected chi connectivity index (χ2v) is 9.44. The number of hydrogen-bond acceptors (Lipinski definition) is 6. The van der Waals surface area contributed by atoms with Crippen LogP contribution < -0.4 is 4.90 Å². The number of urea groups is 1. The van der Waals surface area contributed by atoms with Gasteiger partial charge in [-0.2, -0.15) is 18.4 Å². The SMILES string of the molecule is CC1=C(C(=O)OCCN2CCCC2=O)C(c2ccc(C#N)cc2)N(CC(=O)O)C(=O)N1c1cccc(C(F)(F)F)c1. The zero-order valence-corrected chi connectivity index (χ0v) is 21.8. The second-order valence-electron chi connectivity index (χ2n) is 9.44. The molecule has 2 aliphatic heterocycles. The van der Waals surface area contributed by atoms with Crippen molar-refractivity contribution in [3.05, 3.63) is 76.5 Å². The smallest absolute Gasteiger partial charge is 0.416 e. The summed E-state index contributed by atoms with van der Waals surface area (Å²) in [5, 5.41) is 18.8. The molecule has 13 heteroatoms. The van der Waals surface area contributed by atoms with Crippen molar-refractivity contribution in [2.45, 2.75) is 32.0 Å². The molecule has 3 amide bonds. The van der Waals surface area contributed by atoms with Crippen LogP contribution in [0.25, 0.3) is 0 Å². The predicted molar refractivity (Wildman–Crippen MR) is 137 cm³/mol. The Kier molecular flexibility index (Phi) is 8.32. The highest BCUT2D eigenvalue weighted by Crippen LogP contribution is 2.41. The minimum atomic E-state index is -4.73. The predicted octanol–water partition coefficient (Wildman–Crippen LogP) is 4.08. The molecule has 1 N–H and O–H groups in total. The Bertz CT molecular complexity index is 1450. The summed E-state index contributed by atoms with van der Waals surface area (Å²) in [6.45, 7) is 0.889. The van der Waals surface area contributed by atoms with Crippen LogP contribution in [0.1, 0.15) is 42.5 Å². The number of carbonyl (C=O) groups excluding carboxylic acids is 3. The molecule has 0 radical (unpaired) electrons. The standard InChI is InChI=1S/C28H25F3N4O6/c1-17-24(26(39)41-13-12-33-11-3-6-22(33)36)25(19-9-7-18(15-32)8-10-19)34(16-23(37)38)27(40)35(17)21-5-2-4-20(14-21)28(29,30)31/h2,4-5,7-10,14,25H,3,6,11-13,16H2,1H3,(H,37,38). The number of hydrogen-bond donors (Lipinski definition) is 1. The molecule has 0 aliphatic carbocycles. The lowest BCUT2D eigenvalue weighted by Crippen LogP contribution is -2.52. The lowest BCUT2D eigenvalue weighted by Gasteiger charge is -2.42. The maximum absolute atomic E-state index is 13.8. The topological polar surface area (TPSA) is 131 Å². The highest BCUT2D eigenvalue weighted by Gasteiger charge is 2.44. The fraction of sp³-hybridized carbons (Fsp3) is 0.321. The van der Waals surface area contributed by atoms with E-state index in [9.17, 15) is 42.7 Å². The summed E-state index contributed by atoms with van der Waals surface area (Å²) in [6, 6.07) is 9.31. The van der Waals surface area contributed by atoms with E-state index in [-0.39, 0.29) is 47.1 Å². The Morgan fingerprint density at radius 1 is 1.15 bits per heavy atom. The van der Waals surface area contributed by atoms with Crippen LogP contribution in [0.15, 0.2) is 59.8 Å². The first kappa shape index (κ1) is 29.1. The lowest BCUT2D eigenvalue weighted by atomic mass is 9.92. The highest BCUT2D eigenvalue weighted by atomic mass is 19.4. The van der Waals surface area contributed by atoms with Gasteiger partial charge in [0, 0.05) is 18.7 Å². The van der Waals surface area contributed by atoms with E-state index < -0.39 is 42.3 Å². The number of ether oxygens (including phenoxy) is 1. The molecule has 2 aromatic carbocycles. The zero-order valence-electron chi connectivity index (χ0n) is 21.8. The summed E-state index contributed by atoms with van der Waals surface area (Å²) >= 11 is 0. The number of amides is 3. The van der Waals surface area contributed by atoms with Gasteiger partial charge in [-0.05, 0) is 49.2 Å². The number of halogens is 3. The number of alkyl halides is 3. The Morgan fingerprint density at radius 3 is 2.44 bits per heavy atom. The van der Waals surface area contributed by atoms with E-state index in [0.29, 0.717) is 19.4 Å². The van der Waals surface area contributed by atoms with Crippen molar-refractivity contribution in [3.8, 4) is 6.07 Å². The van der Waals surface area contributed by atoms with Gasteiger partial charge >= 0.3 is 24.1 Å². The molecule has 4 rings (SSSR count). The molecule has 1 fully saturated rings. The summed E-state index contributed by atoms with van der Waals surface area (Å²) in [5.41, 5.74) is -0.971. The number of likely N-dealkylation sites (tertiary alicyclic amines) is 1. The van der Waals surface area contributed by atoms with Gasteiger partial charge in [-0.15, -0.1) is 0 Å². The van der Waals surface area contributed by atoms with Crippen LogP contribution >= 0.6 is 0 Å². The highest BCUT2D eigenvalue weighted by molar-refractivity contribution is 6.04. The minimum absolute atomic E-state index is 0.0624. The molecular formula is C28H25F3N4O6. The third-order valence-electron chi connectivity index (χ3n) is 6.83. The van der Waals surface area contributed by atoms with Gasteiger partial charge in [-0.1, -0.05) is 18.2 Å². The first-order valence-corrected chi connectivity index (χ1v) is 12.6. The van der Waals surface area contributed by atoms with E-state index in [1.165, 1.54) is 42.2 Å². The zero-order chi connectivity index (χ0) is 29.9. The number of carbonyl (C=O) groups is 4. The number of anilines is 1. The summed E-state index contributed by atoms with van der Waals surface area (Å²) < 4.78 is 46.0. The monoisotopic (exact) mass is 570 g/mol. The molecule has 10 nitrogen and oxygen atoms in total. The van der Waals surface area contributed by atoms with E-state index in [1.54, 1.807) is 0 Å². The van der Waals surface area contributed by atoms with Gasteiger partial charge in [-0.25, -0.2) is 9.59 Å². The Labute approximate surface area is 232 Å². The van der Waals surface area contributed by atoms with Crippen LogP contribution in [0, 0.1) is 11.3 Å². The molecule has 2 heterocycles. The number of benzene rings is 2. The molecule has 1 saturated heterocycles. The van der Waals surface area contributed by atoms with Crippen LogP contribution in [0.3, 0.4) is 0 Å². The second kappa shape index (κ2) is 11.7. The number of nitriles is 1. The van der Waals surface area contributed by atoms with Gasteiger partial charge < -0.3 is 19.6 Å². The quantitative estimate of drug-likeness (QED) is 0.473. The van der Waals surface area contributed by atoms with Gasteiger partial charge in [0.2, 0.25) is 5.91 Å². The number of aliphatic carboxylic acids is 1. The molecule has 1 atom stereocenters. The van der Waals surface area contributed by atoms with Gasteiger partial charge in [0.15, 0.2) is 0 Å². The van der Waals surface area contributed by atoms with Gasteiger partial charge in [0.1, 0.15) is 13.2 Å². The van der Waals surface area contributed by atoms with Crippen molar-refractivity contribution < 1.29 is 42.2 Å². The number of rotatable bonds is 8. The van der Waals surface area contributed by atoms with Crippen molar-refractivity contribution in [1.29, 1.82) is 5.26 Å². The third kappa shape index (κ3) is 6.16. The molecule has 0 bridgehead atoms. The summed E-state index contributed by atoms with van der Waals surface area (Å²) in [4.78, 5) is 54.4. The molecule has 41 heavy (non-hydrogen) atoms. The molecule has 2 aliphatic rings. The first-order chi connectivity index (χ1) is 19.4. The van der Waals surface area contributed by atoms with Crippen LogP contribution in [-0.4, -0.2) is 65.0 Å². The Hall–Kier alpha value is -4.86. The maximum atomic E-state index is 13.8. The maximum Gasteiger partial charge on any atom is 0.416 e. The lowest BCUT2D eigenvalue weighted by molar-refractivity contribution is -0.143. The molecule has 0 aromatic heterocycles. The fourth-order valence-corrected chi connectivity index (χ4v) is 4.90. The van der Waals surface area contributed by atoms with E-state index in [0.717, 1.165) is 28.0 Å². The van der Waals surface area contributed by atoms with Crippen molar-refractivity contribution in [3.63, 3.8) is 0 Å².